The summed E-state index contributed by atoms with van der Waals surface area (Å²) >= 11 is 0. The molecule has 1 aromatic rings. The van der Waals surface area contributed by atoms with Crippen molar-refractivity contribution in [3.63, 3.8) is 0 Å². The molecular formula is C15H25N3O. The standard InChI is InChI=1S/C15H25N3O/c1-12-5-6-15(19-3)14(9-12)18-8-4-7-17(2)11-13(18)10-16/h5-6,9,13H,4,7-8,10-11,16H2,1-3H3. The lowest BCUT2D eigenvalue weighted by molar-refractivity contribution is 0.332. The van der Waals surface area contributed by atoms with E-state index in [4.69, 9.17) is 10.5 Å². The second-order valence-corrected chi connectivity index (χ2v) is 5.37. The number of benzene rings is 1. The fraction of sp³-hybridized carbons (Fsp3) is 0.600. The van der Waals surface area contributed by atoms with Crippen LogP contribution in [0.2, 0.25) is 0 Å². The van der Waals surface area contributed by atoms with Crippen LogP contribution in [0.15, 0.2) is 18.2 Å². The van der Waals surface area contributed by atoms with Crippen molar-refractivity contribution in [3.8, 4) is 5.75 Å². The molecule has 0 aromatic heterocycles. The van der Waals surface area contributed by atoms with Gasteiger partial charge in [0, 0.05) is 19.6 Å². The average Bonchev–Trinajstić information content (AvgIpc) is 2.60. The predicted molar refractivity (Wildman–Crippen MR) is 80.0 cm³/mol. The molecule has 0 saturated carbocycles. The summed E-state index contributed by atoms with van der Waals surface area (Å²) in [6.45, 7) is 5.95. The SMILES string of the molecule is COc1ccc(C)cc1N1CCCN(C)CC1CN. The van der Waals surface area contributed by atoms with Gasteiger partial charge in [0.15, 0.2) is 0 Å². The Kier molecular flexibility index (Phi) is 4.66. The summed E-state index contributed by atoms with van der Waals surface area (Å²) in [5.41, 5.74) is 8.41. The maximum absolute atomic E-state index is 5.98. The van der Waals surface area contributed by atoms with E-state index in [1.165, 1.54) is 11.3 Å². The minimum Gasteiger partial charge on any atom is -0.495 e. The number of methoxy groups -OCH3 is 1. The largest absolute Gasteiger partial charge is 0.495 e. The summed E-state index contributed by atoms with van der Waals surface area (Å²) in [6, 6.07) is 6.69. The number of anilines is 1. The molecule has 1 saturated heterocycles. The fourth-order valence-corrected chi connectivity index (χ4v) is 2.79. The number of nitrogens with two attached hydrogens (primary N) is 1. The number of aryl methyl sites for hydroxylation is 1. The maximum atomic E-state index is 5.98. The molecule has 1 aromatic carbocycles. The maximum Gasteiger partial charge on any atom is 0.142 e. The lowest BCUT2D eigenvalue weighted by Crippen LogP contribution is -2.45. The summed E-state index contributed by atoms with van der Waals surface area (Å²) in [7, 11) is 3.90. The number of hydrogen-bond donors (Lipinski definition) is 1. The van der Waals surface area contributed by atoms with Crippen molar-refractivity contribution >= 4 is 5.69 Å². The van der Waals surface area contributed by atoms with Gasteiger partial charge in [-0.05, 0) is 44.6 Å². The Labute approximate surface area is 116 Å². The summed E-state index contributed by atoms with van der Waals surface area (Å²) < 4.78 is 5.52. The molecule has 106 valence electrons. The first-order valence-electron chi connectivity index (χ1n) is 6.95. The number of ether oxygens (including phenoxy) is 1. The van der Waals surface area contributed by atoms with Gasteiger partial charge in [-0.2, -0.15) is 0 Å². The van der Waals surface area contributed by atoms with Crippen LogP contribution in [0.3, 0.4) is 0 Å². The molecule has 0 aliphatic carbocycles. The first-order chi connectivity index (χ1) is 9.15. The third-order valence-corrected chi connectivity index (χ3v) is 3.82. The normalized spacial score (nSPS) is 21.3. The Morgan fingerprint density at radius 3 is 2.84 bits per heavy atom. The van der Waals surface area contributed by atoms with Gasteiger partial charge in [-0.3, -0.25) is 0 Å². The van der Waals surface area contributed by atoms with Crippen LogP contribution in [0.4, 0.5) is 5.69 Å². The highest BCUT2D eigenvalue weighted by Gasteiger charge is 2.24. The van der Waals surface area contributed by atoms with Gasteiger partial charge in [-0.1, -0.05) is 6.07 Å². The Balaban J connectivity index is 2.34. The quantitative estimate of drug-likeness (QED) is 0.897. The molecule has 1 unspecified atom stereocenters. The summed E-state index contributed by atoms with van der Waals surface area (Å²) in [6.07, 6.45) is 1.16. The topological polar surface area (TPSA) is 41.7 Å². The smallest absolute Gasteiger partial charge is 0.142 e. The Morgan fingerprint density at radius 1 is 1.37 bits per heavy atom. The highest BCUT2D eigenvalue weighted by atomic mass is 16.5. The van der Waals surface area contributed by atoms with Crippen LogP contribution >= 0.6 is 0 Å². The van der Waals surface area contributed by atoms with E-state index in [0.717, 1.165) is 31.8 Å². The molecule has 0 bridgehead atoms. The Hall–Kier alpha value is -1.26. The van der Waals surface area contributed by atoms with Crippen LogP contribution in [-0.4, -0.2) is 51.3 Å². The van der Waals surface area contributed by atoms with Crippen LogP contribution in [0, 0.1) is 6.92 Å². The highest BCUT2D eigenvalue weighted by molar-refractivity contribution is 5.61. The Bertz CT molecular complexity index is 422. The van der Waals surface area contributed by atoms with E-state index in [1.807, 2.05) is 6.07 Å². The van der Waals surface area contributed by atoms with Gasteiger partial charge in [0.2, 0.25) is 0 Å². The molecule has 1 aliphatic rings. The predicted octanol–water partition coefficient (Wildman–Crippen LogP) is 1.47. The van der Waals surface area contributed by atoms with E-state index in [-0.39, 0.29) is 0 Å². The molecule has 4 nitrogen and oxygen atoms in total. The van der Waals surface area contributed by atoms with Crippen molar-refractivity contribution < 1.29 is 4.74 Å². The second-order valence-electron chi connectivity index (χ2n) is 5.37. The zero-order valence-electron chi connectivity index (χ0n) is 12.2. The van der Waals surface area contributed by atoms with Crippen LogP contribution in [0.1, 0.15) is 12.0 Å². The fourth-order valence-electron chi connectivity index (χ4n) is 2.79. The third kappa shape index (κ3) is 3.19. The van der Waals surface area contributed by atoms with Gasteiger partial charge in [0.05, 0.1) is 18.8 Å². The van der Waals surface area contributed by atoms with Crippen molar-refractivity contribution in [2.24, 2.45) is 5.73 Å². The van der Waals surface area contributed by atoms with E-state index < -0.39 is 0 Å². The van der Waals surface area contributed by atoms with Gasteiger partial charge in [-0.15, -0.1) is 0 Å². The van der Waals surface area contributed by atoms with Crippen LogP contribution < -0.4 is 15.4 Å². The second kappa shape index (κ2) is 6.26. The summed E-state index contributed by atoms with van der Waals surface area (Å²) in [5.74, 6) is 0.939. The van der Waals surface area contributed by atoms with E-state index in [2.05, 4.69) is 35.9 Å². The number of likely N-dealkylation sites (N-methyl/N-ethyl adjacent to an activating group) is 1. The number of hydrogen-bond acceptors (Lipinski definition) is 4. The lowest BCUT2D eigenvalue weighted by Gasteiger charge is -2.33. The minimum atomic E-state index is 0.350. The van der Waals surface area contributed by atoms with Crippen LogP contribution in [0.25, 0.3) is 0 Å². The van der Waals surface area contributed by atoms with Gasteiger partial charge in [0.1, 0.15) is 5.75 Å². The molecular weight excluding hydrogens is 238 g/mol. The van der Waals surface area contributed by atoms with Crippen molar-refractivity contribution in [1.82, 2.24) is 4.90 Å². The van der Waals surface area contributed by atoms with Gasteiger partial charge >= 0.3 is 0 Å². The summed E-state index contributed by atoms with van der Waals surface area (Å²) in [5, 5.41) is 0. The Morgan fingerprint density at radius 2 is 2.16 bits per heavy atom. The molecule has 1 atom stereocenters. The number of nitrogens with zero attached hydrogens (tertiary/aromatic N) is 2. The van der Waals surface area contributed by atoms with Gasteiger partial charge in [0.25, 0.3) is 0 Å². The molecule has 1 fully saturated rings. The van der Waals surface area contributed by atoms with Gasteiger partial charge in [-0.25, -0.2) is 0 Å². The van der Waals surface area contributed by atoms with E-state index in [0.29, 0.717) is 12.6 Å². The highest BCUT2D eigenvalue weighted by Crippen LogP contribution is 2.31. The third-order valence-electron chi connectivity index (χ3n) is 3.82. The van der Waals surface area contributed by atoms with E-state index in [1.54, 1.807) is 7.11 Å². The zero-order valence-corrected chi connectivity index (χ0v) is 12.2. The minimum absolute atomic E-state index is 0.350. The van der Waals surface area contributed by atoms with Crippen molar-refractivity contribution in [1.29, 1.82) is 0 Å². The average molecular weight is 263 g/mol. The molecule has 1 heterocycles. The van der Waals surface area contributed by atoms with Gasteiger partial charge < -0.3 is 20.3 Å². The lowest BCUT2D eigenvalue weighted by atomic mass is 10.1. The molecule has 1 aliphatic heterocycles. The van der Waals surface area contributed by atoms with Crippen molar-refractivity contribution in [2.75, 3.05) is 45.2 Å². The van der Waals surface area contributed by atoms with Crippen molar-refractivity contribution in [3.05, 3.63) is 23.8 Å². The van der Waals surface area contributed by atoms with Crippen LogP contribution in [0.5, 0.6) is 5.75 Å². The molecule has 19 heavy (non-hydrogen) atoms. The first-order valence-corrected chi connectivity index (χ1v) is 6.95. The number of rotatable bonds is 3. The van der Waals surface area contributed by atoms with Crippen molar-refractivity contribution in [2.45, 2.75) is 19.4 Å². The summed E-state index contributed by atoms with van der Waals surface area (Å²) in [4.78, 5) is 4.77. The molecule has 2 rings (SSSR count). The first kappa shape index (κ1) is 14.2. The molecule has 0 amide bonds. The zero-order chi connectivity index (χ0) is 13.8. The molecule has 4 heteroatoms. The van der Waals surface area contributed by atoms with Crippen LogP contribution in [-0.2, 0) is 0 Å². The molecule has 2 N–H and O–H groups in total. The van der Waals surface area contributed by atoms with E-state index in [9.17, 15) is 0 Å². The monoisotopic (exact) mass is 263 g/mol. The molecule has 0 spiro atoms. The van der Waals surface area contributed by atoms with E-state index >= 15 is 0 Å². The molecule has 0 radical (unpaired) electrons.